The zero-order chi connectivity index (χ0) is 17.0. The van der Waals surface area contributed by atoms with Crippen LogP contribution in [0.25, 0.3) is 10.8 Å². The van der Waals surface area contributed by atoms with Gasteiger partial charge in [0.2, 0.25) is 0 Å². The maximum atomic E-state index is 11.7. The lowest BCUT2D eigenvalue weighted by Gasteiger charge is -2.25. The minimum absolute atomic E-state index is 0.364. The fourth-order valence-corrected chi connectivity index (χ4v) is 2.33. The van der Waals surface area contributed by atoms with Crippen LogP contribution in [0, 0.1) is 6.92 Å². The molecule has 0 aliphatic rings. The maximum absolute atomic E-state index is 11.7. The largest absolute Gasteiger partial charge is 0.493 e. The Kier molecular flexibility index (Phi) is 5.09. The summed E-state index contributed by atoms with van der Waals surface area (Å²) in [5.74, 6) is 0.529. The molecule has 0 radical (unpaired) electrons. The van der Waals surface area contributed by atoms with Gasteiger partial charge in [0, 0.05) is 17.4 Å². The van der Waals surface area contributed by atoms with Gasteiger partial charge in [-0.3, -0.25) is 0 Å². The smallest absolute Gasteiger partial charge is 0.333 e. The number of ether oxygens (including phenoxy) is 2. The Morgan fingerprint density at radius 2 is 1.87 bits per heavy atom. The minimum atomic E-state index is -0.589. The SMILES string of the molecule is C=C(C)C(=O)OC(C)(C)CCOc1c(C)ccc2ccccc12. The average Bonchev–Trinajstić information content (AvgIpc) is 2.49. The zero-order valence-electron chi connectivity index (χ0n) is 14.3. The molecule has 3 heteroatoms. The van der Waals surface area contributed by atoms with Gasteiger partial charge in [-0.1, -0.05) is 43.0 Å². The lowest BCUT2D eigenvalue weighted by molar-refractivity contribution is -0.152. The van der Waals surface area contributed by atoms with Crippen molar-refractivity contribution in [2.75, 3.05) is 6.61 Å². The summed E-state index contributed by atoms with van der Waals surface area (Å²) in [6.07, 6.45) is 0.606. The molecule has 2 aromatic carbocycles. The molecular formula is C20H24O3. The van der Waals surface area contributed by atoms with Gasteiger partial charge >= 0.3 is 5.97 Å². The van der Waals surface area contributed by atoms with Gasteiger partial charge < -0.3 is 9.47 Å². The van der Waals surface area contributed by atoms with E-state index in [2.05, 4.69) is 30.8 Å². The minimum Gasteiger partial charge on any atom is -0.493 e. The summed E-state index contributed by atoms with van der Waals surface area (Å²) < 4.78 is 11.5. The number of benzene rings is 2. The number of carbonyl (C=O) groups is 1. The molecule has 23 heavy (non-hydrogen) atoms. The molecule has 0 N–H and O–H groups in total. The number of carbonyl (C=O) groups excluding carboxylic acids is 1. The fraction of sp³-hybridized carbons (Fsp3) is 0.350. The number of fused-ring (bicyclic) bond motifs is 1. The van der Waals surface area contributed by atoms with E-state index in [1.54, 1.807) is 6.92 Å². The summed E-state index contributed by atoms with van der Waals surface area (Å²) >= 11 is 0. The van der Waals surface area contributed by atoms with Gasteiger partial charge in [-0.15, -0.1) is 0 Å². The average molecular weight is 312 g/mol. The molecule has 2 aromatic rings. The molecule has 2 rings (SSSR count). The topological polar surface area (TPSA) is 35.5 Å². The van der Waals surface area contributed by atoms with E-state index < -0.39 is 5.60 Å². The second-order valence-electron chi connectivity index (χ2n) is 6.46. The molecule has 0 saturated heterocycles. The van der Waals surface area contributed by atoms with Gasteiger partial charge in [0.05, 0.1) is 6.61 Å². The van der Waals surface area contributed by atoms with Crippen LogP contribution in [-0.2, 0) is 9.53 Å². The van der Waals surface area contributed by atoms with Crippen molar-refractivity contribution in [2.24, 2.45) is 0 Å². The van der Waals surface area contributed by atoms with E-state index in [0.717, 1.165) is 22.1 Å². The summed E-state index contributed by atoms with van der Waals surface area (Å²) in [4.78, 5) is 11.7. The van der Waals surface area contributed by atoms with E-state index >= 15 is 0 Å². The third-order valence-corrected chi connectivity index (χ3v) is 3.74. The van der Waals surface area contributed by atoms with E-state index in [9.17, 15) is 4.79 Å². The molecule has 0 aliphatic heterocycles. The first-order valence-electron chi connectivity index (χ1n) is 7.80. The predicted octanol–water partition coefficient (Wildman–Crippen LogP) is 4.82. The van der Waals surface area contributed by atoms with Crippen molar-refractivity contribution < 1.29 is 14.3 Å². The summed E-state index contributed by atoms with van der Waals surface area (Å²) in [6, 6.07) is 12.3. The van der Waals surface area contributed by atoms with Crippen LogP contribution in [0.2, 0.25) is 0 Å². The molecule has 3 nitrogen and oxygen atoms in total. The molecule has 0 spiro atoms. The molecule has 0 fully saturated rings. The van der Waals surface area contributed by atoms with Crippen LogP contribution in [0.15, 0.2) is 48.6 Å². The molecule has 0 aromatic heterocycles. The molecule has 122 valence electrons. The molecule has 0 amide bonds. The Hall–Kier alpha value is -2.29. The van der Waals surface area contributed by atoms with Crippen LogP contribution in [0.5, 0.6) is 5.75 Å². The Morgan fingerprint density at radius 1 is 1.17 bits per heavy atom. The number of aryl methyl sites for hydroxylation is 1. The molecule has 0 heterocycles. The van der Waals surface area contributed by atoms with Gasteiger partial charge in [0.15, 0.2) is 0 Å². The van der Waals surface area contributed by atoms with Crippen LogP contribution < -0.4 is 4.74 Å². The van der Waals surface area contributed by atoms with Crippen molar-refractivity contribution >= 4 is 16.7 Å². The summed E-state index contributed by atoms with van der Waals surface area (Å²) in [6.45, 7) is 11.5. The normalized spacial score (nSPS) is 11.3. The quantitative estimate of drug-likeness (QED) is 0.567. The number of hydrogen-bond donors (Lipinski definition) is 0. The van der Waals surface area contributed by atoms with Gasteiger partial charge in [0.25, 0.3) is 0 Å². The number of rotatable bonds is 6. The number of esters is 1. The van der Waals surface area contributed by atoms with Crippen LogP contribution in [-0.4, -0.2) is 18.2 Å². The fourth-order valence-electron chi connectivity index (χ4n) is 2.33. The molecule has 0 atom stereocenters. The van der Waals surface area contributed by atoms with Gasteiger partial charge in [-0.05, 0) is 38.6 Å². The lowest BCUT2D eigenvalue weighted by atomic mass is 10.0. The molecule has 0 unspecified atom stereocenters. The van der Waals surface area contributed by atoms with Gasteiger partial charge in [0.1, 0.15) is 11.4 Å². The first-order chi connectivity index (χ1) is 10.8. The second-order valence-corrected chi connectivity index (χ2v) is 6.46. The third-order valence-electron chi connectivity index (χ3n) is 3.74. The van der Waals surface area contributed by atoms with Crippen molar-refractivity contribution in [3.63, 3.8) is 0 Å². The highest BCUT2D eigenvalue weighted by Crippen LogP contribution is 2.30. The monoisotopic (exact) mass is 312 g/mol. The van der Waals surface area contributed by atoms with E-state index in [1.807, 2.05) is 32.9 Å². The van der Waals surface area contributed by atoms with Crippen LogP contribution in [0.4, 0.5) is 0 Å². The molecule has 0 saturated carbocycles. The van der Waals surface area contributed by atoms with Gasteiger partial charge in [-0.25, -0.2) is 4.79 Å². The molecular weight excluding hydrogens is 288 g/mol. The Balaban J connectivity index is 2.05. The molecule has 0 bridgehead atoms. The standard InChI is InChI=1S/C20H24O3/c1-14(2)19(21)23-20(4,5)12-13-22-18-15(3)10-11-16-8-6-7-9-17(16)18/h6-11H,1,12-13H2,2-5H3. The Morgan fingerprint density at radius 3 is 2.57 bits per heavy atom. The van der Waals surface area contributed by atoms with Crippen LogP contribution in [0.3, 0.4) is 0 Å². The first-order valence-corrected chi connectivity index (χ1v) is 7.80. The molecule has 0 aliphatic carbocycles. The summed E-state index contributed by atoms with van der Waals surface area (Å²) in [7, 11) is 0. The predicted molar refractivity (Wildman–Crippen MR) is 93.8 cm³/mol. The van der Waals surface area contributed by atoms with E-state index in [0.29, 0.717) is 18.6 Å². The zero-order valence-corrected chi connectivity index (χ0v) is 14.3. The highest BCUT2D eigenvalue weighted by molar-refractivity contribution is 5.89. The summed E-state index contributed by atoms with van der Waals surface area (Å²) in [5.41, 5.74) is 0.915. The Labute approximate surface area is 137 Å². The van der Waals surface area contributed by atoms with Crippen molar-refractivity contribution in [3.8, 4) is 5.75 Å². The van der Waals surface area contributed by atoms with Crippen molar-refractivity contribution in [1.29, 1.82) is 0 Å². The van der Waals surface area contributed by atoms with Crippen molar-refractivity contribution in [3.05, 3.63) is 54.1 Å². The summed E-state index contributed by atoms with van der Waals surface area (Å²) in [5, 5.41) is 2.25. The Bertz CT molecular complexity index is 729. The first kappa shape index (κ1) is 17.1. The number of hydrogen-bond acceptors (Lipinski definition) is 3. The highest BCUT2D eigenvalue weighted by atomic mass is 16.6. The maximum Gasteiger partial charge on any atom is 0.333 e. The van der Waals surface area contributed by atoms with Crippen LogP contribution >= 0.6 is 0 Å². The van der Waals surface area contributed by atoms with E-state index in [-0.39, 0.29) is 5.97 Å². The van der Waals surface area contributed by atoms with Crippen LogP contribution in [0.1, 0.15) is 32.8 Å². The van der Waals surface area contributed by atoms with Crippen molar-refractivity contribution in [2.45, 2.75) is 39.7 Å². The lowest BCUT2D eigenvalue weighted by Crippen LogP contribution is -2.30. The van der Waals surface area contributed by atoms with E-state index in [4.69, 9.17) is 9.47 Å². The van der Waals surface area contributed by atoms with Gasteiger partial charge in [-0.2, -0.15) is 0 Å². The second kappa shape index (κ2) is 6.86. The highest BCUT2D eigenvalue weighted by Gasteiger charge is 2.23. The van der Waals surface area contributed by atoms with E-state index in [1.165, 1.54) is 0 Å². The third kappa shape index (κ3) is 4.35. The van der Waals surface area contributed by atoms with Crippen molar-refractivity contribution in [1.82, 2.24) is 0 Å².